The molecule has 0 atom stereocenters. The molecule has 2 aromatic carbocycles. The molecule has 4 nitrogen and oxygen atoms in total. The third kappa shape index (κ3) is 4.40. The summed E-state index contributed by atoms with van der Waals surface area (Å²) in [5, 5.41) is 6.97. The Labute approximate surface area is 148 Å². The third-order valence-corrected chi connectivity index (χ3v) is 4.01. The second-order valence-corrected chi connectivity index (χ2v) is 6.28. The van der Waals surface area contributed by atoms with Crippen LogP contribution in [0.1, 0.15) is 5.56 Å². The van der Waals surface area contributed by atoms with Crippen molar-refractivity contribution in [3.8, 4) is 5.69 Å². The van der Waals surface area contributed by atoms with Gasteiger partial charge in [-0.05, 0) is 48.1 Å². The molecular weight excluding hydrogens is 372 g/mol. The van der Waals surface area contributed by atoms with Crippen LogP contribution in [-0.4, -0.2) is 14.7 Å². The van der Waals surface area contributed by atoms with Gasteiger partial charge in [-0.15, -0.1) is 0 Å². The second kappa shape index (κ2) is 7.39. The lowest BCUT2D eigenvalue weighted by Gasteiger charge is -2.11. The Morgan fingerprint density at radius 2 is 2.00 bits per heavy atom. The molecule has 0 aliphatic rings. The number of nitrogens with one attached hydrogen (secondary N) is 2. The molecule has 23 heavy (non-hydrogen) atoms. The van der Waals surface area contributed by atoms with Gasteiger partial charge in [-0.25, -0.2) is 4.98 Å². The van der Waals surface area contributed by atoms with Crippen LogP contribution in [0.25, 0.3) is 5.69 Å². The zero-order chi connectivity index (χ0) is 16.1. The summed E-state index contributed by atoms with van der Waals surface area (Å²) in [4.78, 5) is 4.05. The number of aromatic nitrogens is 2. The van der Waals surface area contributed by atoms with E-state index in [-0.39, 0.29) is 0 Å². The van der Waals surface area contributed by atoms with Gasteiger partial charge in [0.15, 0.2) is 5.11 Å². The first kappa shape index (κ1) is 15.7. The highest BCUT2D eigenvalue weighted by Gasteiger charge is 2.00. The highest BCUT2D eigenvalue weighted by atomic mass is 79.9. The van der Waals surface area contributed by atoms with Gasteiger partial charge < -0.3 is 15.2 Å². The molecule has 2 N–H and O–H groups in total. The average molecular weight is 387 g/mol. The maximum atomic E-state index is 5.32. The first-order valence-electron chi connectivity index (χ1n) is 7.08. The van der Waals surface area contributed by atoms with E-state index in [1.807, 2.05) is 35.0 Å². The minimum absolute atomic E-state index is 0.599. The second-order valence-electron chi connectivity index (χ2n) is 4.95. The molecule has 0 amide bonds. The zero-order valence-corrected chi connectivity index (χ0v) is 14.6. The van der Waals surface area contributed by atoms with Crippen molar-refractivity contribution in [2.75, 3.05) is 5.32 Å². The lowest BCUT2D eigenvalue weighted by Crippen LogP contribution is -2.27. The molecule has 0 saturated carbocycles. The number of thiocarbonyl (C=S) groups is 1. The zero-order valence-electron chi connectivity index (χ0n) is 12.2. The Bertz CT molecular complexity index is 785. The molecule has 3 rings (SSSR count). The topological polar surface area (TPSA) is 41.9 Å². The van der Waals surface area contributed by atoms with E-state index in [4.69, 9.17) is 12.2 Å². The summed E-state index contributed by atoms with van der Waals surface area (Å²) < 4.78 is 2.98. The molecule has 0 aliphatic heterocycles. The summed E-state index contributed by atoms with van der Waals surface area (Å²) in [6.07, 6.45) is 5.47. The molecule has 0 aliphatic carbocycles. The molecule has 0 bridgehead atoms. The van der Waals surface area contributed by atoms with Gasteiger partial charge in [0.2, 0.25) is 0 Å². The fourth-order valence-electron chi connectivity index (χ4n) is 2.12. The van der Waals surface area contributed by atoms with E-state index >= 15 is 0 Å². The highest BCUT2D eigenvalue weighted by Crippen LogP contribution is 2.15. The molecule has 0 unspecified atom stereocenters. The number of nitrogens with zero attached hydrogens (tertiary/aromatic N) is 2. The summed E-state index contributed by atoms with van der Waals surface area (Å²) in [6, 6.07) is 16.2. The van der Waals surface area contributed by atoms with E-state index in [1.54, 1.807) is 12.5 Å². The van der Waals surface area contributed by atoms with Crippen molar-refractivity contribution in [3.63, 3.8) is 0 Å². The Morgan fingerprint density at radius 3 is 2.70 bits per heavy atom. The SMILES string of the molecule is S=C(NCc1ccc(-n2ccnc2)cc1)Nc1cccc(Br)c1. The average Bonchev–Trinajstić information content (AvgIpc) is 3.08. The van der Waals surface area contributed by atoms with E-state index in [0.29, 0.717) is 11.7 Å². The van der Waals surface area contributed by atoms with Gasteiger partial charge in [0.25, 0.3) is 0 Å². The van der Waals surface area contributed by atoms with Crippen LogP contribution in [0.4, 0.5) is 5.69 Å². The smallest absolute Gasteiger partial charge is 0.171 e. The van der Waals surface area contributed by atoms with Crippen LogP contribution in [0, 0.1) is 0 Å². The van der Waals surface area contributed by atoms with Crippen LogP contribution in [0.15, 0.2) is 71.7 Å². The number of anilines is 1. The van der Waals surface area contributed by atoms with Crippen LogP contribution in [0.2, 0.25) is 0 Å². The Balaban J connectivity index is 1.54. The highest BCUT2D eigenvalue weighted by molar-refractivity contribution is 9.10. The number of benzene rings is 2. The maximum absolute atomic E-state index is 5.32. The predicted molar refractivity (Wildman–Crippen MR) is 101 cm³/mol. The van der Waals surface area contributed by atoms with Gasteiger partial charge in [-0.1, -0.05) is 34.1 Å². The van der Waals surface area contributed by atoms with Gasteiger partial charge in [0, 0.05) is 34.8 Å². The fraction of sp³-hybridized carbons (Fsp3) is 0.0588. The van der Waals surface area contributed by atoms with E-state index in [1.165, 1.54) is 0 Å². The van der Waals surface area contributed by atoms with E-state index in [2.05, 4.69) is 55.8 Å². The van der Waals surface area contributed by atoms with Crippen LogP contribution in [0.5, 0.6) is 0 Å². The standard InChI is InChI=1S/C17H15BrN4S/c18-14-2-1-3-15(10-14)21-17(23)20-11-13-4-6-16(7-5-13)22-9-8-19-12-22/h1-10,12H,11H2,(H2,20,21,23). The third-order valence-electron chi connectivity index (χ3n) is 3.27. The van der Waals surface area contributed by atoms with Crippen molar-refractivity contribution in [2.24, 2.45) is 0 Å². The monoisotopic (exact) mass is 386 g/mol. The summed E-state index contributed by atoms with van der Waals surface area (Å²) >= 11 is 8.76. The fourth-order valence-corrected chi connectivity index (χ4v) is 2.71. The summed E-state index contributed by atoms with van der Waals surface area (Å²) in [6.45, 7) is 0.671. The van der Waals surface area contributed by atoms with Crippen molar-refractivity contribution in [1.29, 1.82) is 0 Å². The summed E-state index contributed by atoms with van der Waals surface area (Å²) in [7, 11) is 0. The van der Waals surface area contributed by atoms with Crippen LogP contribution in [-0.2, 0) is 6.54 Å². The lowest BCUT2D eigenvalue weighted by atomic mass is 10.2. The summed E-state index contributed by atoms with van der Waals surface area (Å²) in [5.74, 6) is 0. The van der Waals surface area contributed by atoms with Gasteiger partial charge in [-0.2, -0.15) is 0 Å². The minimum Gasteiger partial charge on any atom is -0.358 e. The first-order valence-corrected chi connectivity index (χ1v) is 8.28. The number of rotatable bonds is 4. The van der Waals surface area contributed by atoms with Crippen molar-refractivity contribution in [2.45, 2.75) is 6.54 Å². The van der Waals surface area contributed by atoms with Crippen molar-refractivity contribution < 1.29 is 0 Å². The predicted octanol–water partition coefficient (Wildman–Crippen LogP) is 4.12. The molecule has 1 heterocycles. The molecule has 116 valence electrons. The number of hydrogen-bond donors (Lipinski definition) is 2. The van der Waals surface area contributed by atoms with E-state index in [9.17, 15) is 0 Å². The maximum Gasteiger partial charge on any atom is 0.171 e. The number of halogens is 1. The molecule has 0 radical (unpaired) electrons. The number of hydrogen-bond acceptors (Lipinski definition) is 2. The lowest BCUT2D eigenvalue weighted by molar-refractivity contribution is 0.923. The van der Waals surface area contributed by atoms with Crippen molar-refractivity contribution in [3.05, 3.63) is 77.3 Å². The minimum atomic E-state index is 0.599. The Kier molecular flexibility index (Phi) is 5.05. The van der Waals surface area contributed by atoms with Gasteiger partial charge in [0.05, 0.1) is 6.33 Å². The first-order chi connectivity index (χ1) is 11.2. The molecule has 3 aromatic rings. The van der Waals surface area contributed by atoms with Gasteiger partial charge >= 0.3 is 0 Å². The van der Waals surface area contributed by atoms with Crippen LogP contribution in [0.3, 0.4) is 0 Å². The largest absolute Gasteiger partial charge is 0.358 e. The normalized spacial score (nSPS) is 10.3. The Morgan fingerprint density at radius 1 is 1.17 bits per heavy atom. The summed E-state index contributed by atoms with van der Waals surface area (Å²) in [5.41, 5.74) is 3.20. The van der Waals surface area contributed by atoms with Gasteiger partial charge in [0.1, 0.15) is 0 Å². The van der Waals surface area contributed by atoms with E-state index in [0.717, 1.165) is 21.4 Å². The van der Waals surface area contributed by atoms with Crippen LogP contribution < -0.4 is 10.6 Å². The molecular formula is C17H15BrN4S. The molecule has 6 heteroatoms. The number of imidazole rings is 1. The quantitative estimate of drug-likeness (QED) is 0.661. The molecule has 0 spiro atoms. The van der Waals surface area contributed by atoms with Gasteiger partial charge in [-0.3, -0.25) is 0 Å². The van der Waals surface area contributed by atoms with Crippen LogP contribution >= 0.6 is 28.1 Å². The molecule has 0 fully saturated rings. The van der Waals surface area contributed by atoms with Crippen molar-refractivity contribution in [1.82, 2.24) is 14.9 Å². The Hall–Kier alpha value is -2.18. The van der Waals surface area contributed by atoms with Crippen molar-refractivity contribution >= 4 is 38.9 Å². The molecule has 0 saturated heterocycles. The van der Waals surface area contributed by atoms with E-state index < -0.39 is 0 Å². The molecule has 1 aromatic heterocycles.